The van der Waals surface area contributed by atoms with E-state index in [0.29, 0.717) is 15.8 Å². The third-order valence-corrected chi connectivity index (χ3v) is 5.85. The van der Waals surface area contributed by atoms with Crippen LogP contribution in [-0.2, 0) is 17.9 Å². The fourth-order valence-electron chi connectivity index (χ4n) is 0.653. The van der Waals surface area contributed by atoms with Gasteiger partial charge in [0.15, 0.2) is 0 Å². The number of hydrogen-bond acceptors (Lipinski definition) is 0. The molecule has 0 amide bonds. The summed E-state index contributed by atoms with van der Waals surface area (Å²) < 4.78 is 0. The molecule has 0 bridgehead atoms. The van der Waals surface area contributed by atoms with Gasteiger partial charge in [0.25, 0.3) is 0 Å². The first-order valence-corrected chi connectivity index (χ1v) is 18.1. The van der Waals surface area contributed by atoms with Gasteiger partial charge >= 0.3 is 27.5 Å². The molecule has 0 heterocycles. The van der Waals surface area contributed by atoms with Crippen LogP contribution in [0.25, 0.3) is 0 Å². The fourth-order valence-corrected chi connectivity index (χ4v) is 5.88. The summed E-state index contributed by atoms with van der Waals surface area (Å²) in [7, 11) is 5.81. The Kier molecular flexibility index (Phi) is 28.0. The Bertz CT molecular complexity index is 112. The van der Waals surface area contributed by atoms with E-state index >= 15 is 0 Å². The second kappa shape index (κ2) is 19.7. The van der Waals surface area contributed by atoms with Gasteiger partial charge in [0.05, 0.1) is 0 Å². The summed E-state index contributed by atoms with van der Waals surface area (Å²) >= 11 is 1.47. The Morgan fingerprint density at radius 1 is 0.667 bits per heavy atom. The Morgan fingerprint density at radius 3 is 0.944 bits per heavy atom. The van der Waals surface area contributed by atoms with Crippen LogP contribution in [0.1, 0.15) is 0 Å². The average Bonchev–Trinajstić information content (AvgIpc) is 2.27. The van der Waals surface area contributed by atoms with Crippen LogP contribution in [0.3, 0.4) is 0 Å². The third kappa shape index (κ3) is 36.3. The number of rotatable bonds is 6. The zero-order chi connectivity index (χ0) is 15.1. The Hall–Kier alpha value is 2.66. The van der Waals surface area contributed by atoms with Gasteiger partial charge in [-0.1, -0.05) is 26.7 Å². The summed E-state index contributed by atoms with van der Waals surface area (Å²) in [6.07, 6.45) is 7.63. The van der Waals surface area contributed by atoms with E-state index in [9.17, 15) is 0 Å². The van der Waals surface area contributed by atoms with Crippen molar-refractivity contribution in [2.24, 2.45) is 0 Å². The van der Waals surface area contributed by atoms with E-state index in [2.05, 4.69) is 75.2 Å². The minimum atomic E-state index is 0.258. The Morgan fingerprint density at radius 2 is 0.889 bits per heavy atom. The predicted octanol–water partition coefficient (Wildman–Crippen LogP) is 5.95. The molecule has 0 rings (SSSR count). The molecule has 0 N–H and O–H groups in total. The van der Waals surface area contributed by atoms with Crippen molar-refractivity contribution in [2.75, 3.05) is 65.6 Å². The van der Waals surface area contributed by atoms with Crippen LogP contribution in [-0.4, -0.2) is 65.6 Å². The summed E-state index contributed by atoms with van der Waals surface area (Å²) in [4.78, 5) is 0. The van der Waals surface area contributed by atoms with E-state index in [4.69, 9.17) is 0 Å². The second-order valence-corrected chi connectivity index (χ2v) is 14.5. The number of halogens is 1. The quantitative estimate of drug-likeness (QED) is 0.297. The van der Waals surface area contributed by atoms with E-state index in [1.54, 1.807) is 0 Å². The molecule has 0 aromatic heterocycles. The molecule has 0 aromatic rings. The van der Waals surface area contributed by atoms with Crippen molar-refractivity contribution in [3.8, 4) is 0 Å². The molecule has 0 radical (unpaired) electrons. The standard InChI is InChI=1S/2C6H15P2.ClH.Ir/c2*1-7(2)5-6-8(3)4;;/h2*5H,6H2,1-4H3;1H;/q2*-1;;+3/p-1. The van der Waals surface area contributed by atoms with Crippen molar-refractivity contribution in [3.63, 3.8) is 0 Å². The molecule has 0 atom stereocenters. The maximum absolute atomic E-state index is 4.64. The van der Waals surface area contributed by atoms with Gasteiger partial charge in [-0.2, -0.15) is 12.3 Å². The van der Waals surface area contributed by atoms with Gasteiger partial charge < -0.3 is 0 Å². The van der Waals surface area contributed by atoms with E-state index in [0.717, 1.165) is 0 Å². The molecular formula is C12H30ClIrP4. The maximum atomic E-state index is 4.64. The first kappa shape index (κ1) is 25.6. The van der Waals surface area contributed by atoms with Crippen LogP contribution in [0.4, 0.5) is 0 Å². The van der Waals surface area contributed by atoms with Crippen molar-refractivity contribution >= 4 is 41.3 Å². The summed E-state index contributed by atoms with van der Waals surface area (Å²) in [5.41, 5.74) is 0. The molecule has 0 aliphatic carbocycles. The molecule has 0 fully saturated rings. The molecule has 0 spiro atoms. The molecule has 18 heavy (non-hydrogen) atoms. The van der Waals surface area contributed by atoms with Crippen molar-refractivity contribution < 1.29 is 17.9 Å². The second-order valence-electron chi connectivity index (χ2n) is 4.82. The van der Waals surface area contributed by atoms with Gasteiger partial charge in [-0.05, 0) is 26.7 Å². The first-order chi connectivity index (χ1) is 8.25. The molecule has 0 unspecified atom stereocenters. The van der Waals surface area contributed by atoms with E-state index in [1.807, 2.05) is 0 Å². The van der Waals surface area contributed by atoms with Crippen LogP contribution in [0.15, 0.2) is 0 Å². The topological polar surface area (TPSA) is 0 Å². The molecule has 0 aliphatic heterocycles. The van der Waals surface area contributed by atoms with E-state index in [-0.39, 0.29) is 15.8 Å². The van der Waals surface area contributed by atoms with Crippen LogP contribution < -0.4 is 0 Å². The monoisotopic (exact) mass is 526 g/mol. The van der Waals surface area contributed by atoms with Gasteiger partial charge in [-0.15, -0.1) is 15.8 Å². The normalized spacial score (nSPS) is 10.3. The summed E-state index contributed by atoms with van der Waals surface area (Å²) in [6, 6.07) is 0. The summed E-state index contributed by atoms with van der Waals surface area (Å²) in [5, 5.41) is 0. The predicted molar refractivity (Wildman–Crippen MR) is 99.3 cm³/mol. The van der Waals surface area contributed by atoms with Crippen molar-refractivity contribution in [3.05, 3.63) is 12.3 Å². The van der Waals surface area contributed by atoms with Crippen molar-refractivity contribution in [1.29, 1.82) is 0 Å². The molecular weight excluding hydrogens is 496 g/mol. The SMILES string of the molecule is CP(C)[CH-]CP(C)C.CP(C)[CH-]CP(C)C.[Cl][Ir+2]. The third-order valence-electron chi connectivity index (χ3n) is 1.62. The van der Waals surface area contributed by atoms with Crippen LogP contribution in [0.2, 0.25) is 0 Å². The van der Waals surface area contributed by atoms with Gasteiger partial charge in [0, 0.05) is 0 Å². The van der Waals surface area contributed by atoms with Crippen molar-refractivity contribution in [2.45, 2.75) is 0 Å². The van der Waals surface area contributed by atoms with Crippen molar-refractivity contribution in [1.82, 2.24) is 0 Å². The van der Waals surface area contributed by atoms with Crippen LogP contribution >= 0.6 is 41.3 Å². The summed E-state index contributed by atoms with van der Waals surface area (Å²) in [6.45, 7) is 18.5. The fraction of sp³-hybridized carbons (Fsp3) is 0.833. The molecule has 6 heteroatoms. The molecule has 0 nitrogen and oxygen atoms in total. The molecule has 114 valence electrons. The molecule has 0 saturated carbocycles. The van der Waals surface area contributed by atoms with E-state index < -0.39 is 0 Å². The molecule has 0 saturated heterocycles. The zero-order valence-electron chi connectivity index (χ0n) is 13.1. The molecule has 0 aliphatic rings. The summed E-state index contributed by atoms with van der Waals surface area (Å²) in [5.74, 6) is 0. The molecule has 0 aromatic carbocycles. The average molecular weight is 526 g/mol. The number of hydrogen-bond donors (Lipinski definition) is 0. The minimum absolute atomic E-state index is 0.258. The Balaban J connectivity index is -0.000000219. The van der Waals surface area contributed by atoms with Crippen LogP contribution in [0.5, 0.6) is 0 Å². The van der Waals surface area contributed by atoms with Crippen LogP contribution in [0, 0.1) is 12.3 Å². The van der Waals surface area contributed by atoms with Gasteiger partial charge in [0.2, 0.25) is 0 Å². The first-order valence-electron chi connectivity index (χ1n) is 5.67. The zero-order valence-corrected chi connectivity index (χ0v) is 19.8. The van der Waals surface area contributed by atoms with Gasteiger partial charge in [-0.25, -0.2) is 0 Å². The van der Waals surface area contributed by atoms with Gasteiger partial charge in [-0.3, -0.25) is 28.2 Å². The Labute approximate surface area is 136 Å². The van der Waals surface area contributed by atoms with E-state index in [1.165, 1.54) is 30.2 Å². The van der Waals surface area contributed by atoms with Gasteiger partial charge in [0.1, 0.15) is 0 Å².